The molecule has 1 atom stereocenters. The normalized spacial score (nSPS) is 17.5. The van der Waals surface area contributed by atoms with Crippen LogP contribution in [0.4, 0.5) is 0 Å². The van der Waals surface area contributed by atoms with Crippen molar-refractivity contribution in [1.82, 2.24) is 10.6 Å². The van der Waals surface area contributed by atoms with Gasteiger partial charge in [-0.05, 0) is 38.5 Å². The van der Waals surface area contributed by atoms with Crippen LogP contribution in [0, 0.1) is 0 Å². The van der Waals surface area contributed by atoms with Gasteiger partial charge in [0, 0.05) is 23.9 Å². The molecule has 130 valence electrons. The first-order chi connectivity index (χ1) is 10.8. The molecule has 0 saturated carbocycles. The molecule has 0 aliphatic carbocycles. The Balaban J connectivity index is 0.00000264. The van der Waals surface area contributed by atoms with Crippen LogP contribution in [-0.4, -0.2) is 36.7 Å². The lowest BCUT2D eigenvalue weighted by atomic mass is 10.2. The fourth-order valence-corrected chi connectivity index (χ4v) is 3.65. The number of halogens is 1. The number of guanidine groups is 1. The van der Waals surface area contributed by atoms with Crippen LogP contribution in [0.2, 0.25) is 0 Å². The number of thioether (sulfide) groups is 1. The summed E-state index contributed by atoms with van der Waals surface area (Å²) in [6, 6.07) is 8.11. The van der Waals surface area contributed by atoms with Gasteiger partial charge in [0.1, 0.15) is 5.75 Å². The lowest BCUT2D eigenvalue weighted by Crippen LogP contribution is -2.40. The highest BCUT2D eigenvalue weighted by atomic mass is 127. The molecule has 1 aromatic carbocycles. The highest BCUT2D eigenvalue weighted by molar-refractivity contribution is 14.0. The van der Waals surface area contributed by atoms with Crippen LogP contribution < -0.4 is 15.4 Å². The zero-order valence-electron chi connectivity index (χ0n) is 14.0. The van der Waals surface area contributed by atoms with Gasteiger partial charge in [0.05, 0.1) is 13.2 Å². The van der Waals surface area contributed by atoms with Gasteiger partial charge in [0.2, 0.25) is 0 Å². The van der Waals surface area contributed by atoms with Crippen LogP contribution in [0.15, 0.2) is 29.3 Å². The van der Waals surface area contributed by atoms with Crippen LogP contribution in [-0.2, 0) is 6.54 Å². The summed E-state index contributed by atoms with van der Waals surface area (Å²) in [5, 5.41) is 7.50. The molecule has 2 N–H and O–H groups in total. The van der Waals surface area contributed by atoms with E-state index in [1.165, 1.54) is 18.6 Å². The molecule has 1 aliphatic heterocycles. The minimum atomic E-state index is 0. The highest BCUT2D eigenvalue weighted by Gasteiger charge is 2.15. The molecule has 6 heteroatoms. The van der Waals surface area contributed by atoms with E-state index in [0.717, 1.165) is 35.6 Å². The summed E-state index contributed by atoms with van der Waals surface area (Å²) in [4.78, 5) is 4.69. The van der Waals surface area contributed by atoms with Crippen molar-refractivity contribution < 1.29 is 4.74 Å². The van der Waals surface area contributed by atoms with Gasteiger partial charge in [-0.25, -0.2) is 4.99 Å². The van der Waals surface area contributed by atoms with E-state index in [9.17, 15) is 0 Å². The fourth-order valence-electron chi connectivity index (χ4n) is 2.45. The number of nitrogens with zero attached hydrogens (tertiary/aromatic N) is 1. The van der Waals surface area contributed by atoms with E-state index in [0.29, 0.717) is 13.2 Å². The summed E-state index contributed by atoms with van der Waals surface area (Å²) >= 11 is 2.06. The van der Waals surface area contributed by atoms with Gasteiger partial charge in [-0.3, -0.25) is 0 Å². The molecule has 1 saturated heterocycles. The molecule has 2 rings (SSSR count). The second-order valence-corrected chi connectivity index (χ2v) is 6.66. The van der Waals surface area contributed by atoms with Crippen LogP contribution in [0.1, 0.15) is 32.3 Å². The molecule has 1 aromatic rings. The smallest absolute Gasteiger partial charge is 0.191 e. The van der Waals surface area contributed by atoms with Crippen molar-refractivity contribution in [2.75, 3.05) is 25.4 Å². The van der Waals surface area contributed by atoms with Gasteiger partial charge < -0.3 is 15.4 Å². The lowest BCUT2D eigenvalue weighted by molar-refractivity contribution is 0.336. The van der Waals surface area contributed by atoms with Crippen molar-refractivity contribution in [1.29, 1.82) is 0 Å². The summed E-state index contributed by atoms with van der Waals surface area (Å²) < 4.78 is 5.66. The average molecular weight is 449 g/mol. The van der Waals surface area contributed by atoms with Gasteiger partial charge in [0.15, 0.2) is 5.96 Å². The first kappa shape index (κ1) is 20.4. The zero-order chi connectivity index (χ0) is 15.6. The van der Waals surface area contributed by atoms with Crippen molar-refractivity contribution >= 4 is 41.7 Å². The largest absolute Gasteiger partial charge is 0.494 e. The summed E-state index contributed by atoms with van der Waals surface area (Å²) in [6.45, 7) is 7.27. The quantitative estimate of drug-likeness (QED) is 0.379. The Bertz CT molecular complexity index is 479. The number of benzene rings is 1. The molecule has 0 radical (unpaired) electrons. The number of hydrogen-bond acceptors (Lipinski definition) is 3. The third-order valence-corrected chi connectivity index (χ3v) is 4.94. The molecule has 0 bridgehead atoms. The second-order valence-electron chi connectivity index (χ2n) is 5.25. The Morgan fingerprint density at radius 1 is 1.30 bits per heavy atom. The maximum Gasteiger partial charge on any atom is 0.191 e. The zero-order valence-corrected chi connectivity index (χ0v) is 17.2. The van der Waals surface area contributed by atoms with Crippen LogP contribution >= 0.6 is 35.7 Å². The van der Waals surface area contributed by atoms with Gasteiger partial charge in [-0.1, -0.05) is 18.2 Å². The Labute approximate surface area is 161 Å². The van der Waals surface area contributed by atoms with Crippen LogP contribution in [0.25, 0.3) is 0 Å². The lowest BCUT2D eigenvalue weighted by Gasteiger charge is -2.15. The Morgan fingerprint density at radius 3 is 2.83 bits per heavy atom. The molecular weight excluding hydrogens is 421 g/mol. The van der Waals surface area contributed by atoms with Crippen molar-refractivity contribution in [2.45, 2.75) is 38.5 Å². The number of nitrogens with one attached hydrogen (secondary N) is 2. The fraction of sp³-hybridized carbons (Fsp3) is 0.588. The predicted molar refractivity (Wildman–Crippen MR) is 111 cm³/mol. The van der Waals surface area contributed by atoms with Crippen LogP contribution in [0.5, 0.6) is 5.75 Å². The van der Waals surface area contributed by atoms with E-state index in [2.05, 4.69) is 35.4 Å². The third-order valence-electron chi connectivity index (χ3n) is 3.55. The number of hydrogen-bond donors (Lipinski definition) is 2. The van der Waals surface area contributed by atoms with Crippen molar-refractivity contribution in [3.05, 3.63) is 29.8 Å². The number of para-hydroxylation sites is 1. The Morgan fingerprint density at radius 2 is 2.13 bits per heavy atom. The highest BCUT2D eigenvalue weighted by Crippen LogP contribution is 2.25. The molecule has 0 aromatic heterocycles. The third kappa shape index (κ3) is 7.20. The summed E-state index contributed by atoms with van der Waals surface area (Å²) in [6.07, 6.45) is 2.65. The van der Waals surface area contributed by atoms with Gasteiger partial charge in [0.25, 0.3) is 0 Å². The maximum atomic E-state index is 5.66. The molecular formula is C17H28IN3OS. The summed E-state index contributed by atoms with van der Waals surface area (Å²) in [5.74, 6) is 3.11. The van der Waals surface area contributed by atoms with E-state index >= 15 is 0 Å². The molecule has 1 aliphatic rings. The minimum Gasteiger partial charge on any atom is -0.494 e. The summed E-state index contributed by atoms with van der Waals surface area (Å²) in [7, 11) is 0. The predicted octanol–water partition coefficient (Wildman–Crippen LogP) is 3.65. The summed E-state index contributed by atoms with van der Waals surface area (Å²) in [5.41, 5.74) is 1.12. The molecule has 1 heterocycles. The maximum absolute atomic E-state index is 5.66. The number of aliphatic imine (C=N–C) groups is 1. The monoisotopic (exact) mass is 449 g/mol. The van der Waals surface area contributed by atoms with Crippen molar-refractivity contribution in [2.24, 2.45) is 4.99 Å². The van der Waals surface area contributed by atoms with Crippen LogP contribution in [0.3, 0.4) is 0 Å². The number of ether oxygens (including phenoxy) is 1. The van der Waals surface area contributed by atoms with Gasteiger partial charge >= 0.3 is 0 Å². The molecule has 0 amide bonds. The van der Waals surface area contributed by atoms with Crippen molar-refractivity contribution in [3.8, 4) is 5.75 Å². The van der Waals surface area contributed by atoms with E-state index < -0.39 is 0 Å². The standard InChI is InChI=1S/C17H27N3OS.HI/c1-3-18-17(20-13-15-9-7-11-22-15)19-12-14-8-5-6-10-16(14)21-4-2;/h5-6,8,10,15H,3-4,7,9,11-13H2,1-2H3,(H2,18,19,20);1H. The number of rotatable bonds is 7. The van der Waals surface area contributed by atoms with E-state index in [1.54, 1.807) is 0 Å². The van der Waals surface area contributed by atoms with E-state index in [4.69, 9.17) is 9.73 Å². The SMILES string of the molecule is CCNC(=NCc1ccccc1OCC)NCC1CCCS1.I. The average Bonchev–Trinajstić information content (AvgIpc) is 3.05. The molecule has 23 heavy (non-hydrogen) atoms. The topological polar surface area (TPSA) is 45.7 Å². The molecule has 0 spiro atoms. The molecule has 1 fully saturated rings. The molecule has 1 unspecified atom stereocenters. The van der Waals surface area contributed by atoms with Gasteiger partial charge in [-0.2, -0.15) is 11.8 Å². The van der Waals surface area contributed by atoms with Gasteiger partial charge in [-0.15, -0.1) is 24.0 Å². The first-order valence-electron chi connectivity index (χ1n) is 8.18. The Kier molecular flexibility index (Phi) is 10.5. The Hall–Kier alpha value is -0.630. The second kappa shape index (κ2) is 11.8. The molecule has 4 nitrogen and oxygen atoms in total. The van der Waals surface area contributed by atoms with E-state index in [1.807, 2.05) is 25.1 Å². The van der Waals surface area contributed by atoms with Crippen molar-refractivity contribution in [3.63, 3.8) is 0 Å². The first-order valence-corrected chi connectivity index (χ1v) is 9.22. The minimum absolute atomic E-state index is 0. The van der Waals surface area contributed by atoms with E-state index in [-0.39, 0.29) is 24.0 Å².